The van der Waals surface area contributed by atoms with Gasteiger partial charge in [-0.05, 0) is 61.5 Å². The number of thiocarbonyl (C=S) groups is 1. The third-order valence-electron chi connectivity index (χ3n) is 4.30. The van der Waals surface area contributed by atoms with Gasteiger partial charge in [-0.3, -0.25) is 9.69 Å². The van der Waals surface area contributed by atoms with Crippen LogP contribution in [0.2, 0.25) is 10.0 Å². The van der Waals surface area contributed by atoms with Crippen LogP contribution in [0.4, 0.5) is 5.69 Å². The van der Waals surface area contributed by atoms with Gasteiger partial charge in [0.1, 0.15) is 17.3 Å². The second-order valence-electron chi connectivity index (χ2n) is 6.27. The van der Waals surface area contributed by atoms with Gasteiger partial charge in [-0.1, -0.05) is 47.2 Å². The fourth-order valence-electron chi connectivity index (χ4n) is 2.91. The predicted octanol–water partition coefficient (Wildman–Crippen LogP) is 7.06. The zero-order valence-corrected chi connectivity index (χ0v) is 18.9. The van der Waals surface area contributed by atoms with E-state index in [-0.39, 0.29) is 5.91 Å². The highest BCUT2D eigenvalue weighted by atomic mass is 35.5. The van der Waals surface area contributed by atoms with E-state index in [1.807, 2.05) is 43.3 Å². The number of hydrogen-bond acceptors (Lipinski definition) is 5. The molecule has 0 saturated carbocycles. The number of furan rings is 1. The Bertz CT molecular complexity index is 1160. The van der Waals surface area contributed by atoms with Crippen molar-refractivity contribution in [2.75, 3.05) is 11.5 Å². The molecule has 0 unspecified atom stereocenters. The Labute approximate surface area is 193 Å². The number of benzene rings is 2. The molecule has 1 amide bonds. The number of ether oxygens (including phenoxy) is 1. The summed E-state index contributed by atoms with van der Waals surface area (Å²) < 4.78 is 11.8. The second-order valence-corrected chi connectivity index (χ2v) is 8.77. The van der Waals surface area contributed by atoms with Gasteiger partial charge in [0.25, 0.3) is 5.91 Å². The lowest BCUT2D eigenvalue weighted by Crippen LogP contribution is -2.27. The van der Waals surface area contributed by atoms with Crippen molar-refractivity contribution in [2.45, 2.75) is 6.92 Å². The van der Waals surface area contributed by atoms with E-state index in [1.54, 1.807) is 24.3 Å². The molecule has 0 atom stereocenters. The summed E-state index contributed by atoms with van der Waals surface area (Å²) in [6, 6.07) is 16.1. The molecule has 4 nitrogen and oxygen atoms in total. The van der Waals surface area contributed by atoms with Gasteiger partial charge in [0.05, 0.1) is 27.2 Å². The minimum absolute atomic E-state index is 0.193. The molecule has 3 aromatic rings. The standard InChI is InChI=1S/C22H15Cl2NO3S2/c1-2-27-15-6-4-14(5-7-15)25-21(26)20(30-22(25)29)12-16-8-10-19(28-16)13-3-9-17(23)18(24)11-13/h3-12H,2H2,1H3. The zero-order valence-electron chi connectivity index (χ0n) is 15.7. The average Bonchev–Trinajstić information content (AvgIpc) is 3.30. The molecule has 0 aliphatic carbocycles. The number of nitrogens with zero attached hydrogens (tertiary/aromatic N) is 1. The Hall–Kier alpha value is -2.25. The van der Waals surface area contributed by atoms with E-state index in [9.17, 15) is 4.79 Å². The molecule has 2 aromatic carbocycles. The zero-order chi connectivity index (χ0) is 21.3. The van der Waals surface area contributed by atoms with Gasteiger partial charge < -0.3 is 9.15 Å². The molecule has 0 N–H and O–H groups in total. The van der Waals surface area contributed by atoms with Gasteiger partial charge in [0.15, 0.2) is 4.32 Å². The van der Waals surface area contributed by atoms with E-state index in [4.69, 9.17) is 44.6 Å². The molecule has 8 heteroatoms. The van der Waals surface area contributed by atoms with Gasteiger partial charge in [-0.15, -0.1) is 0 Å². The minimum Gasteiger partial charge on any atom is -0.494 e. The first kappa shape index (κ1) is 21.0. The van der Waals surface area contributed by atoms with Crippen LogP contribution >= 0.6 is 47.2 Å². The lowest BCUT2D eigenvalue weighted by Gasteiger charge is -2.15. The summed E-state index contributed by atoms with van der Waals surface area (Å²) >= 11 is 18.7. The van der Waals surface area contributed by atoms with E-state index in [0.29, 0.717) is 43.1 Å². The Balaban J connectivity index is 1.56. The molecule has 1 fully saturated rings. The predicted molar refractivity (Wildman–Crippen MR) is 127 cm³/mol. The molecule has 0 spiro atoms. The molecule has 1 aliphatic heterocycles. The molecule has 1 aromatic heterocycles. The molecule has 152 valence electrons. The molecule has 0 bridgehead atoms. The highest BCUT2D eigenvalue weighted by molar-refractivity contribution is 8.27. The third-order valence-corrected chi connectivity index (χ3v) is 6.35. The monoisotopic (exact) mass is 475 g/mol. The third kappa shape index (κ3) is 4.27. The van der Waals surface area contributed by atoms with Gasteiger partial charge in [0, 0.05) is 11.6 Å². The van der Waals surface area contributed by atoms with Crippen LogP contribution in [-0.2, 0) is 4.79 Å². The van der Waals surface area contributed by atoms with Crippen LogP contribution in [0.25, 0.3) is 17.4 Å². The first-order chi connectivity index (χ1) is 14.5. The summed E-state index contributed by atoms with van der Waals surface area (Å²) in [6.45, 7) is 2.50. The number of amides is 1. The summed E-state index contributed by atoms with van der Waals surface area (Å²) in [5.41, 5.74) is 1.49. The highest BCUT2D eigenvalue weighted by Crippen LogP contribution is 2.37. The lowest BCUT2D eigenvalue weighted by atomic mass is 10.2. The largest absolute Gasteiger partial charge is 0.494 e. The SMILES string of the molecule is CCOc1ccc(N2C(=O)C(=Cc3ccc(-c4ccc(Cl)c(Cl)c4)o3)SC2=S)cc1. The Kier molecular flexibility index (Phi) is 6.20. The number of carbonyl (C=O) groups excluding carboxylic acids is 1. The van der Waals surface area contributed by atoms with Crippen molar-refractivity contribution in [3.05, 3.63) is 75.3 Å². The van der Waals surface area contributed by atoms with Crippen molar-refractivity contribution >= 4 is 69.2 Å². The van der Waals surface area contributed by atoms with Crippen LogP contribution in [0.5, 0.6) is 5.75 Å². The van der Waals surface area contributed by atoms with Crippen molar-refractivity contribution in [3.63, 3.8) is 0 Å². The number of halogens is 2. The smallest absolute Gasteiger partial charge is 0.270 e. The Morgan fingerprint density at radius 2 is 1.87 bits per heavy atom. The topological polar surface area (TPSA) is 42.7 Å². The number of hydrogen-bond donors (Lipinski definition) is 0. The maximum atomic E-state index is 12.9. The quantitative estimate of drug-likeness (QED) is 0.291. The molecule has 4 rings (SSSR count). The van der Waals surface area contributed by atoms with Crippen molar-refractivity contribution in [2.24, 2.45) is 0 Å². The van der Waals surface area contributed by atoms with E-state index >= 15 is 0 Å². The summed E-state index contributed by atoms with van der Waals surface area (Å²) in [6.07, 6.45) is 1.69. The number of anilines is 1. The molecular formula is C22H15Cl2NO3S2. The van der Waals surface area contributed by atoms with Crippen molar-refractivity contribution in [1.82, 2.24) is 0 Å². The fourth-order valence-corrected chi connectivity index (χ4v) is 4.49. The lowest BCUT2D eigenvalue weighted by molar-refractivity contribution is -0.113. The van der Waals surface area contributed by atoms with Crippen LogP contribution in [-0.4, -0.2) is 16.8 Å². The van der Waals surface area contributed by atoms with Gasteiger partial charge in [0.2, 0.25) is 0 Å². The Morgan fingerprint density at radius 3 is 2.57 bits per heavy atom. The molecule has 0 radical (unpaired) electrons. The maximum absolute atomic E-state index is 12.9. The van der Waals surface area contributed by atoms with Crippen LogP contribution < -0.4 is 9.64 Å². The number of carbonyl (C=O) groups is 1. The van der Waals surface area contributed by atoms with E-state index in [0.717, 1.165) is 11.3 Å². The number of rotatable bonds is 5. The first-order valence-corrected chi connectivity index (χ1v) is 11.0. The summed E-state index contributed by atoms with van der Waals surface area (Å²) in [5.74, 6) is 1.72. The van der Waals surface area contributed by atoms with Crippen molar-refractivity contribution < 1.29 is 13.9 Å². The van der Waals surface area contributed by atoms with Gasteiger partial charge >= 0.3 is 0 Å². The Morgan fingerprint density at radius 1 is 1.10 bits per heavy atom. The van der Waals surface area contributed by atoms with Crippen LogP contribution in [0, 0.1) is 0 Å². The van der Waals surface area contributed by atoms with Crippen LogP contribution in [0.15, 0.2) is 63.9 Å². The maximum Gasteiger partial charge on any atom is 0.270 e. The van der Waals surface area contributed by atoms with Crippen molar-refractivity contribution in [1.29, 1.82) is 0 Å². The average molecular weight is 476 g/mol. The van der Waals surface area contributed by atoms with Gasteiger partial charge in [-0.25, -0.2) is 0 Å². The highest BCUT2D eigenvalue weighted by Gasteiger charge is 2.33. The summed E-state index contributed by atoms with van der Waals surface area (Å²) in [5, 5.41) is 0.925. The normalized spacial score (nSPS) is 15.3. The second kappa shape index (κ2) is 8.86. The van der Waals surface area contributed by atoms with Crippen molar-refractivity contribution in [3.8, 4) is 17.1 Å². The van der Waals surface area contributed by atoms with Gasteiger partial charge in [-0.2, -0.15) is 0 Å². The molecule has 1 aliphatic rings. The summed E-state index contributed by atoms with van der Waals surface area (Å²) in [4.78, 5) is 14.9. The minimum atomic E-state index is -0.193. The molecule has 1 saturated heterocycles. The summed E-state index contributed by atoms with van der Waals surface area (Å²) in [7, 11) is 0. The molecule has 2 heterocycles. The van der Waals surface area contributed by atoms with E-state index in [1.165, 1.54) is 16.7 Å². The van der Waals surface area contributed by atoms with E-state index < -0.39 is 0 Å². The van der Waals surface area contributed by atoms with Crippen LogP contribution in [0.1, 0.15) is 12.7 Å². The molecular weight excluding hydrogens is 461 g/mol. The van der Waals surface area contributed by atoms with Crippen LogP contribution in [0.3, 0.4) is 0 Å². The number of thioether (sulfide) groups is 1. The fraction of sp³-hybridized carbons (Fsp3) is 0.0909. The first-order valence-electron chi connectivity index (χ1n) is 9.02. The molecule has 30 heavy (non-hydrogen) atoms. The van der Waals surface area contributed by atoms with E-state index in [2.05, 4.69) is 0 Å².